The monoisotopic (exact) mass is 324 g/mol. The second-order valence-electron chi connectivity index (χ2n) is 5.12. The minimum atomic E-state index is 0.583. The lowest BCUT2D eigenvalue weighted by atomic mass is 10.3. The predicted molar refractivity (Wildman–Crippen MR) is 92.2 cm³/mol. The first-order chi connectivity index (χ1) is 11.4. The topological polar surface area (TPSA) is 44.3 Å². The molecule has 4 aromatic rings. The van der Waals surface area contributed by atoms with Crippen molar-refractivity contribution in [2.45, 2.75) is 11.7 Å². The molecule has 0 saturated carbocycles. The zero-order valence-corrected chi connectivity index (χ0v) is 13.5. The van der Waals surface area contributed by atoms with Gasteiger partial charge in [-0.25, -0.2) is 0 Å². The van der Waals surface area contributed by atoms with Crippen LogP contribution in [0.2, 0.25) is 0 Å². The van der Waals surface area contributed by atoms with E-state index >= 15 is 0 Å². The molecule has 0 radical (unpaired) electrons. The average molecular weight is 324 g/mol. The Balaban J connectivity index is 1.69. The molecule has 6 heteroatoms. The highest BCUT2D eigenvalue weighted by Crippen LogP contribution is 2.24. The number of nitrogens with zero attached hydrogens (tertiary/aromatic N) is 4. The summed E-state index contributed by atoms with van der Waals surface area (Å²) in [6.07, 6.45) is 2.01. The molecule has 0 aliphatic heterocycles. The minimum absolute atomic E-state index is 0.583. The molecule has 2 aromatic carbocycles. The fraction of sp³-hybridized carbons (Fsp3) is 0.176. The highest BCUT2D eigenvalue weighted by Gasteiger charge is 2.15. The number of ether oxygens (including phenoxy) is 1. The standard InChI is InChI=1S/C17H16N4OS/c1-23-17-19-18-16-20(11-12-22-13-7-3-2-4-8-13)14-9-5-6-10-15(14)21(16)17/h2-10H,11-12H2,1H3. The number of para-hydroxylation sites is 3. The van der Waals surface area contributed by atoms with Gasteiger partial charge in [0.15, 0.2) is 5.16 Å². The van der Waals surface area contributed by atoms with Crippen molar-refractivity contribution in [3.8, 4) is 5.75 Å². The van der Waals surface area contributed by atoms with E-state index in [4.69, 9.17) is 4.74 Å². The number of benzene rings is 2. The summed E-state index contributed by atoms with van der Waals surface area (Å²) in [4.78, 5) is 0. The highest BCUT2D eigenvalue weighted by molar-refractivity contribution is 7.98. The summed E-state index contributed by atoms with van der Waals surface area (Å²) in [5.41, 5.74) is 2.26. The van der Waals surface area contributed by atoms with Gasteiger partial charge in [-0.05, 0) is 30.5 Å². The van der Waals surface area contributed by atoms with E-state index in [1.54, 1.807) is 11.8 Å². The molecule has 23 heavy (non-hydrogen) atoms. The normalized spacial score (nSPS) is 11.3. The average Bonchev–Trinajstić information content (AvgIpc) is 3.15. The number of rotatable bonds is 5. The van der Waals surface area contributed by atoms with Crippen LogP contribution in [0.15, 0.2) is 59.8 Å². The SMILES string of the molecule is CSc1nnc2n(CCOc3ccccc3)c3ccccc3n12. The van der Waals surface area contributed by atoms with Gasteiger partial charge in [-0.1, -0.05) is 42.1 Å². The van der Waals surface area contributed by atoms with Gasteiger partial charge in [0, 0.05) is 0 Å². The van der Waals surface area contributed by atoms with Gasteiger partial charge in [0.25, 0.3) is 0 Å². The smallest absolute Gasteiger partial charge is 0.237 e. The molecule has 116 valence electrons. The number of fused-ring (bicyclic) bond motifs is 3. The first-order valence-electron chi connectivity index (χ1n) is 7.42. The third kappa shape index (κ3) is 2.45. The first-order valence-corrected chi connectivity index (χ1v) is 8.65. The Labute approximate surface area is 137 Å². The summed E-state index contributed by atoms with van der Waals surface area (Å²) in [7, 11) is 0. The van der Waals surface area contributed by atoms with Crippen molar-refractivity contribution in [3.63, 3.8) is 0 Å². The van der Waals surface area contributed by atoms with Crippen LogP contribution in [0, 0.1) is 0 Å². The maximum atomic E-state index is 5.83. The summed E-state index contributed by atoms with van der Waals surface area (Å²) in [6, 6.07) is 18.1. The Morgan fingerprint density at radius 1 is 0.957 bits per heavy atom. The molecule has 0 bridgehead atoms. The third-order valence-corrected chi connectivity index (χ3v) is 4.41. The summed E-state index contributed by atoms with van der Waals surface area (Å²) >= 11 is 1.60. The highest BCUT2D eigenvalue weighted by atomic mass is 32.2. The van der Waals surface area contributed by atoms with Crippen LogP contribution in [-0.2, 0) is 6.54 Å². The zero-order valence-electron chi connectivity index (χ0n) is 12.7. The molecular weight excluding hydrogens is 308 g/mol. The molecule has 0 saturated heterocycles. The second kappa shape index (κ2) is 5.96. The second-order valence-corrected chi connectivity index (χ2v) is 5.90. The molecular formula is C17H16N4OS. The number of hydrogen-bond acceptors (Lipinski definition) is 4. The number of thioether (sulfide) groups is 1. The quantitative estimate of drug-likeness (QED) is 0.527. The minimum Gasteiger partial charge on any atom is -0.492 e. The van der Waals surface area contributed by atoms with Crippen LogP contribution in [-0.4, -0.2) is 32.0 Å². The van der Waals surface area contributed by atoms with Crippen LogP contribution >= 0.6 is 11.8 Å². The van der Waals surface area contributed by atoms with E-state index in [9.17, 15) is 0 Å². The van der Waals surface area contributed by atoms with Crippen LogP contribution in [0.5, 0.6) is 5.75 Å². The van der Waals surface area contributed by atoms with Crippen molar-refractivity contribution >= 4 is 28.6 Å². The van der Waals surface area contributed by atoms with Gasteiger partial charge >= 0.3 is 0 Å². The lowest BCUT2D eigenvalue weighted by Crippen LogP contribution is -2.08. The molecule has 0 aliphatic carbocycles. The molecule has 0 atom stereocenters. The van der Waals surface area contributed by atoms with E-state index in [2.05, 4.69) is 31.3 Å². The molecule has 0 N–H and O–H groups in total. The van der Waals surface area contributed by atoms with E-state index in [1.807, 2.05) is 48.7 Å². The van der Waals surface area contributed by atoms with Crippen molar-refractivity contribution in [2.75, 3.05) is 12.9 Å². The van der Waals surface area contributed by atoms with Gasteiger partial charge in [0.05, 0.1) is 17.6 Å². The molecule has 2 heterocycles. The van der Waals surface area contributed by atoms with Crippen molar-refractivity contribution in [1.29, 1.82) is 0 Å². The maximum absolute atomic E-state index is 5.83. The lowest BCUT2D eigenvalue weighted by Gasteiger charge is -2.07. The molecule has 0 spiro atoms. The maximum Gasteiger partial charge on any atom is 0.237 e. The van der Waals surface area contributed by atoms with Crippen LogP contribution in [0.4, 0.5) is 0 Å². The van der Waals surface area contributed by atoms with Crippen LogP contribution in [0.25, 0.3) is 16.8 Å². The van der Waals surface area contributed by atoms with Crippen molar-refractivity contribution in [3.05, 3.63) is 54.6 Å². The zero-order chi connectivity index (χ0) is 15.6. The summed E-state index contributed by atoms with van der Waals surface area (Å²) in [5.74, 6) is 1.73. The van der Waals surface area contributed by atoms with Crippen molar-refractivity contribution in [2.24, 2.45) is 0 Å². The van der Waals surface area contributed by atoms with Gasteiger partial charge in [-0.15, -0.1) is 10.2 Å². The summed E-state index contributed by atoms with van der Waals surface area (Å²) < 4.78 is 10.1. The van der Waals surface area contributed by atoms with Crippen molar-refractivity contribution in [1.82, 2.24) is 19.2 Å². The molecule has 4 rings (SSSR count). The van der Waals surface area contributed by atoms with Gasteiger partial charge in [-0.2, -0.15) is 0 Å². The molecule has 5 nitrogen and oxygen atoms in total. The Hall–Kier alpha value is -2.47. The molecule has 2 aromatic heterocycles. The Morgan fingerprint density at radius 2 is 1.70 bits per heavy atom. The van der Waals surface area contributed by atoms with Crippen molar-refractivity contribution < 1.29 is 4.74 Å². The van der Waals surface area contributed by atoms with Gasteiger partial charge in [-0.3, -0.25) is 4.40 Å². The Kier molecular flexibility index (Phi) is 3.67. The lowest BCUT2D eigenvalue weighted by molar-refractivity contribution is 0.301. The van der Waals surface area contributed by atoms with E-state index < -0.39 is 0 Å². The number of hydrogen-bond donors (Lipinski definition) is 0. The fourth-order valence-corrected chi connectivity index (χ4v) is 3.25. The predicted octanol–water partition coefficient (Wildman–Crippen LogP) is 3.48. The van der Waals surface area contributed by atoms with Gasteiger partial charge in [0.2, 0.25) is 5.78 Å². The molecule has 0 aliphatic rings. The Morgan fingerprint density at radius 3 is 2.48 bits per heavy atom. The van der Waals surface area contributed by atoms with E-state index in [0.717, 1.165) is 34.3 Å². The largest absolute Gasteiger partial charge is 0.492 e. The molecule has 0 amide bonds. The van der Waals surface area contributed by atoms with Gasteiger partial charge in [0.1, 0.15) is 12.4 Å². The number of aromatic nitrogens is 4. The van der Waals surface area contributed by atoms with E-state index in [-0.39, 0.29) is 0 Å². The van der Waals surface area contributed by atoms with Crippen LogP contribution in [0.3, 0.4) is 0 Å². The number of imidazole rings is 1. The van der Waals surface area contributed by atoms with Gasteiger partial charge < -0.3 is 9.30 Å². The summed E-state index contributed by atoms with van der Waals surface area (Å²) in [5, 5.41) is 9.52. The Bertz CT molecular complexity index is 945. The first kappa shape index (κ1) is 14.1. The molecule has 0 fully saturated rings. The van der Waals surface area contributed by atoms with E-state index in [0.29, 0.717) is 6.61 Å². The fourth-order valence-electron chi connectivity index (χ4n) is 2.76. The molecule has 0 unspecified atom stereocenters. The van der Waals surface area contributed by atoms with Crippen LogP contribution < -0.4 is 4.74 Å². The van der Waals surface area contributed by atoms with Crippen LogP contribution in [0.1, 0.15) is 0 Å². The van der Waals surface area contributed by atoms with E-state index in [1.165, 1.54) is 0 Å². The third-order valence-electron chi connectivity index (χ3n) is 3.78. The summed E-state index contributed by atoms with van der Waals surface area (Å²) in [6.45, 7) is 1.30.